The van der Waals surface area contributed by atoms with Crippen molar-refractivity contribution in [3.8, 4) is 22.3 Å². The lowest BCUT2D eigenvalue weighted by atomic mass is 10.0. The molecule has 1 saturated heterocycles. The van der Waals surface area contributed by atoms with Gasteiger partial charge in [-0.15, -0.1) is 0 Å². The largest absolute Gasteiger partial charge is 0.335 e. The van der Waals surface area contributed by atoms with E-state index in [1.165, 1.54) is 24.6 Å². The molecule has 1 aromatic carbocycles. The fraction of sp³-hybridized carbons (Fsp3) is 0.240. The molecule has 0 radical (unpaired) electrons. The van der Waals surface area contributed by atoms with E-state index in [0.29, 0.717) is 12.1 Å². The summed E-state index contributed by atoms with van der Waals surface area (Å²) in [7, 11) is 1.28. The number of amides is 1. The molecule has 1 aliphatic rings. The summed E-state index contributed by atoms with van der Waals surface area (Å²) in [6.45, 7) is 0.760. The fourth-order valence-corrected chi connectivity index (χ4v) is 5.20. The van der Waals surface area contributed by atoms with Gasteiger partial charge in [0, 0.05) is 86.7 Å². The highest BCUT2D eigenvalue weighted by molar-refractivity contribution is 7.89. The van der Waals surface area contributed by atoms with Crippen molar-refractivity contribution < 1.29 is 13.2 Å². The topological polar surface area (TPSA) is 88.4 Å². The third-order valence-corrected chi connectivity index (χ3v) is 7.98. The van der Waals surface area contributed by atoms with Gasteiger partial charge in [0.15, 0.2) is 0 Å². The van der Waals surface area contributed by atoms with Crippen LogP contribution in [0, 0.1) is 0 Å². The van der Waals surface area contributed by atoms with E-state index < -0.39 is 10.0 Å². The van der Waals surface area contributed by atoms with Crippen molar-refractivity contribution in [3.05, 3.63) is 61.2 Å². The maximum absolute atomic E-state index is 12.7. The van der Waals surface area contributed by atoms with Gasteiger partial charge in [-0.2, -0.15) is 0 Å². The molecular weight excluding hydrogens is 450 g/mol. The molecular formula is C25H25N5O3S. The highest BCUT2D eigenvalue weighted by Crippen LogP contribution is 2.33. The summed E-state index contributed by atoms with van der Waals surface area (Å²) in [6.07, 6.45) is 8.39. The maximum Gasteiger partial charge on any atom is 0.244 e. The number of hydrogen-bond donors (Lipinski definition) is 0. The van der Waals surface area contributed by atoms with E-state index in [0.717, 1.165) is 46.3 Å². The number of fused-ring (bicyclic) bond motifs is 1. The van der Waals surface area contributed by atoms with Gasteiger partial charge in [-0.25, -0.2) is 17.7 Å². The second-order valence-electron chi connectivity index (χ2n) is 8.64. The summed E-state index contributed by atoms with van der Waals surface area (Å²) in [5.41, 5.74) is 5.23. The number of rotatable bonds is 5. The second-order valence-corrected chi connectivity index (χ2v) is 10.8. The molecule has 0 bridgehead atoms. The average molecular weight is 476 g/mol. The molecule has 174 valence electrons. The second kappa shape index (κ2) is 8.34. The lowest BCUT2D eigenvalue weighted by molar-refractivity contribution is -0.117. The van der Waals surface area contributed by atoms with Gasteiger partial charge in [-0.3, -0.25) is 9.78 Å². The molecule has 4 heterocycles. The van der Waals surface area contributed by atoms with Crippen molar-refractivity contribution >= 4 is 32.7 Å². The van der Waals surface area contributed by atoms with Crippen molar-refractivity contribution in [2.45, 2.75) is 17.7 Å². The maximum atomic E-state index is 12.7. The SMILES string of the molecule is CN(C)S(=O)(=O)c1cnc2c(c1)c(-c1cncc(-c3ccc(N4CCCC4=O)cc3)c1)cn2C. The summed E-state index contributed by atoms with van der Waals surface area (Å²) >= 11 is 0. The van der Waals surface area contributed by atoms with Gasteiger partial charge in [0.2, 0.25) is 15.9 Å². The van der Waals surface area contributed by atoms with Crippen molar-refractivity contribution in [2.75, 3.05) is 25.5 Å². The van der Waals surface area contributed by atoms with Crippen LogP contribution in [-0.2, 0) is 21.9 Å². The molecule has 0 N–H and O–H groups in total. The first-order valence-electron chi connectivity index (χ1n) is 11.0. The molecule has 4 aromatic rings. The van der Waals surface area contributed by atoms with E-state index in [4.69, 9.17) is 0 Å². The fourth-order valence-electron chi connectivity index (χ4n) is 4.32. The number of aromatic nitrogens is 3. The monoisotopic (exact) mass is 475 g/mol. The van der Waals surface area contributed by atoms with Crippen LogP contribution in [0.2, 0.25) is 0 Å². The molecule has 34 heavy (non-hydrogen) atoms. The smallest absolute Gasteiger partial charge is 0.244 e. The van der Waals surface area contributed by atoms with Gasteiger partial charge in [-0.1, -0.05) is 12.1 Å². The number of carbonyl (C=O) groups is 1. The number of sulfonamides is 1. The van der Waals surface area contributed by atoms with Crippen LogP contribution in [0.25, 0.3) is 33.3 Å². The Morgan fingerprint density at radius 1 is 0.971 bits per heavy atom. The van der Waals surface area contributed by atoms with E-state index >= 15 is 0 Å². The lowest BCUT2D eigenvalue weighted by Gasteiger charge is -2.16. The van der Waals surface area contributed by atoms with Crippen LogP contribution in [0.15, 0.2) is 66.1 Å². The summed E-state index contributed by atoms with van der Waals surface area (Å²) in [5.74, 6) is 0.164. The van der Waals surface area contributed by atoms with Gasteiger partial charge < -0.3 is 9.47 Å². The Balaban J connectivity index is 1.54. The van der Waals surface area contributed by atoms with E-state index in [1.807, 2.05) is 53.0 Å². The zero-order valence-electron chi connectivity index (χ0n) is 19.3. The summed E-state index contributed by atoms with van der Waals surface area (Å²) in [4.78, 5) is 22.9. The Hall–Kier alpha value is -3.56. The summed E-state index contributed by atoms with van der Waals surface area (Å²) < 4.78 is 28.4. The normalized spacial score (nSPS) is 14.5. The zero-order valence-corrected chi connectivity index (χ0v) is 20.1. The van der Waals surface area contributed by atoms with Crippen LogP contribution in [0.3, 0.4) is 0 Å². The number of anilines is 1. The van der Waals surface area contributed by atoms with E-state index in [9.17, 15) is 13.2 Å². The summed E-state index contributed by atoms with van der Waals surface area (Å²) in [6, 6.07) is 11.6. The molecule has 5 rings (SSSR count). The van der Waals surface area contributed by atoms with E-state index in [2.05, 4.69) is 9.97 Å². The minimum atomic E-state index is -3.61. The zero-order chi connectivity index (χ0) is 24.0. The Labute approximate surface area is 198 Å². The average Bonchev–Trinajstić information content (AvgIpc) is 3.42. The predicted octanol–water partition coefficient (Wildman–Crippen LogP) is 3.68. The van der Waals surface area contributed by atoms with Gasteiger partial charge in [0.25, 0.3) is 0 Å². The number of pyridine rings is 2. The Kier molecular flexibility index (Phi) is 5.45. The number of aryl methyl sites for hydroxylation is 1. The first kappa shape index (κ1) is 22.2. The highest BCUT2D eigenvalue weighted by atomic mass is 32.2. The Morgan fingerprint density at radius 2 is 1.71 bits per heavy atom. The van der Waals surface area contributed by atoms with Gasteiger partial charge in [0.1, 0.15) is 10.5 Å². The van der Waals surface area contributed by atoms with Crippen LogP contribution < -0.4 is 4.90 Å². The molecule has 0 atom stereocenters. The minimum absolute atomic E-state index is 0.147. The van der Waals surface area contributed by atoms with Gasteiger partial charge >= 0.3 is 0 Å². The van der Waals surface area contributed by atoms with Crippen LogP contribution in [0.5, 0.6) is 0 Å². The van der Waals surface area contributed by atoms with Crippen LogP contribution in [0.4, 0.5) is 5.69 Å². The molecule has 3 aromatic heterocycles. The van der Waals surface area contributed by atoms with Crippen LogP contribution in [0.1, 0.15) is 12.8 Å². The molecule has 1 amide bonds. The van der Waals surface area contributed by atoms with Crippen LogP contribution >= 0.6 is 0 Å². The van der Waals surface area contributed by atoms with Gasteiger partial charge in [0.05, 0.1) is 0 Å². The van der Waals surface area contributed by atoms with Crippen molar-refractivity contribution in [1.29, 1.82) is 0 Å². The third-order valence-electron chi connectivity index (χ3n) is 6.20. The van der Waals surface area contributed by atoms with E-state index in [-0.39, 0.29) is 10.8 Å². The molecule has 1 fully saturated rings. The number of benzene rings is 1. The number of carbonyl (C=O) groups excluding carboxylic acids is 1. The molecule has 9 heteroatoms. The minimum Gasteiger partial charge on any atom is -0.335 e. The molecule has 8 nitrogen and oxygen atoms in total. The number of hydrogen-bond acceptors (Lipinski definition) is 5. The van der Waals surface area contributed by atoms with Crippen molar-refractivity contribution in [1.82, 2.24) is 18.8 Å². The van der Waals surface area contributed by atoms with Crippen molar-refractivity contribution in [3.63, 3.8) is 0 Å². The Bertz CT molecular complexity index is 1510. The van der Waals surface area contributed by atoms with E-state index in [1.54, 1.807) is 18.5 Å². The third kappa shape index (κ3) is 3.76. The van der Waals surface area contributed by atoms with Gasteiger partial charge in [-0.05, 0) is 36.2 Å². The molecule has 0 unspecified atom stereocenters. The molecule has 0 spiro atoms. The molecule has 0 aliphatic carbocycles. The number of nitrogens with zero attached hydrogens (tertiary/aromatic N) is 5. The molecule has 0 saturated carbocycles. The van der Waals surface area contributed by atoms with Crippen LogP contribution in [-0.4, -0.2) is 53.8 Å². The quantitative estimate of drug-likeness (QED) is 0.439. The summed E-state index contributed by atoms with van der Waals surface area (Å²) in [5, 5.41) is 0.743. The standard InChI is InChI=1S/C25H25N5O3S/c1-28(2)34(32,33)21-12-22-23(16-29(3)25(22)27-15-21)19-11-18(13-26-14-19)17-6-8-20(9-7-17)30-10-4-5-24(30)31/h6-9,11-16H,4-5,10H2,1-3H3. The predicted molar refractivity (Wildman–Crippen MR) is 132 cm³/mol. The lowest BCUT2D eigenvalue weighted by Crippen LogP contribution is -2.23. The van der Waals surface area contributed by atoms with Crippen molar-refractivity contribution in [2.24, 2.45) is 7.05 Å². The highest BCUT2D eigenvalue weighted by Gasteiger charge is 2.22. The Morgan fingerprint density at radius 3 is 2.38 bits per heavy atom. The first-order chi connectivity index (χ1) is 16.3. The first-order valence-corrected chi connectivity index (χ1v) is 12.4. The molecule has 1 aliphatic heterocycles.